The Morgan fingerprint density at radius 1 is 1.19 bits per heavy atom. The highest BCUT2D eigenvalue weighted by Gasteiger charge is 2.32. The highest BCUT2D eigenvalue weighted by Crippen LogP contribution is 2.40. The summed E-state index contributed by atoms with van der Waals surface area (Å²) < 4.78 is 5.42. The summed E-state index contributed by atoms with van der Waals surface area (Å²) in [5, 5.41) is 11.9. The largest absolute Gasteiger partial charge is 0.449 e. The molecule has 2 fully saturated rings. The number of piperazine rings is 1. The van der Waals surface area contributed by atoms with Gasteiger partial charge in [-0.3, -0.25) is 9.89 Å². The first-order valence-corrected chi connectivity index (χ1v) is 13.3. The van der Waals surface area contributed by atoms with Gasteiger partial charge in [0.05, 0.1) is 12.1 Å². The van der Waals surface area contributed by atoms with Crippen LogP contribution < -0.4 is 5.32 Å². The van der Waals surface area contributed by atoms with Gasteiger partial charge in [-0.2, -0.15) is 5.10 Å². The minimum Gasteiger partial charge on any atom is -0.449 e. The summed E-state index contributed by atoms with van der Waals surface area (Å²) >= 11 is 6.25. The molecule has 1 aliphatic carbocycles. The number of fused-ring (bicyclic) bond motifs is 1. The van der Waals surface area contributed by atoms with Crippen LogP contribution in [0.4, 0.5) is 16.4 Å². The van der Waals surface area contributed by atoms with Crippen molar-refractivity contribution in [3.63, 3.8) is 0 Å². The molecule has 1 saturated carbocycles. The van der Waals surface area contributed by atoms with Crippen LogP contribution in [0.2, 0.25) is 5.02 Å². The molecule has 2 aliphatic rings. The van der Waals surface area contributed by atoms with Crippen molar-refractivity contribution in [1.29, 1.82) is 0 Å². The summed E-state index contributed by atoms with van der Waals surface area (Å²) in [6.45, 7) is 5.58. The van der Waals surface area contributed by atoms with Crippen molar-refractivity contribution in [2.24, 2.45) is 0 Å². The predicted octanol–water partition coefficient (Wildman–Crippen LogP) is 5.10. The number of benzene rings is 1. The lowest BCUT2D eigenvalue weighted by atomic mass is 10.2. The molecule has 37 heavy (non-hydrogen) atoms. The number of anilines is 2. The SMILES string of the molecule is CCCCCOC(=O)N1CCN(C(=O)c2nc(Nc3cc(C4CC4)[nH]n3)c3cc(Cl)ccc3n2)C[C@H]1C. The molecule has 196 valence electrons. The van der Waals surface area contributed by atoms with Crippen molar-refractivity contribution in [1.82, 2.24) is 30.0 Å². The molecule has 0 radical (unpaired) electrons. The second-order valence-electron chi connectivity index (χ2n) is 9.78. The molecular formula is C26H32ClN7O3. The fourth-order valence-electron chi connectivity index (χ4n) is 4.57. The Balaban J connectivity index is 1.32. The van der Waals surface area contributed by atoms with Crippen LogP contribution in [0.1, 0.15) is 68.2 Å². The van der Waals surface area contributed by atoms with Crippen molar-refractivity contribution in [3.8, 4) is 0 Å². The number of ether oxygens (including phenoxy) is 1. The van der Waals surface area contributed by atoms with Gasteiger partial charge in [-0.05, 0) is 44.4 Å². The van der Waals surface area contributed by atoms with E-state index >= 15 is 0 Å². The average molecular weight is 526 g/mol. The topological polar surface area (TPSA) is 116 Å². The van der Waals surface area contributed by atoms with Gasteiger partial charge < -0.3 is 19.9 Å². The van der Waals surface area contributed by atoms with Crippen molar-refractivity contribution >= 4 is 46.1 Å². The number of carbonyl (C=O) groups excluding carboxylic acids is 2. The van der Waals surface area contributed by atoms with Crippen LogP contribution in [0, 0.1) is 0 Å². The van der Waals surface area contributed by atoms with Crippen molar-refractivity contribution in [3.05, 3.63) is 40.8 Å². The van der Waals surface area contributed by atoms with E-state index in [1.54, 1.807) is 28.0 Å². The Kier molecular flexibility index (Phi) is 7.45. The van der Waals surface area contributed by atoms with E-state index in [0.717, 1.165) is 37.8 Å². The molecular weight excluding hydrogens is 494 g/mol. The second-order valence-corrected chi connectivity index (χ2v) is 10.2. The standard InChI is InChI=1S/C26H32ClN7O3/c1-3-4-5-12-37-26(36)34-11-10-33(15-16(34)2)25(35)24-28-20-9-8-18(27)13-19(20)23(30-24)29-22-14-21(31-32-22)17-6-7-17/h8-9,13-14,16-17H,3-7,10-12,15H2,1-2H3,(H2,28,29,30,31,32)/t16-/m1/s1. The Morgan fingerprint density at radius 2 is 2.03 bits per heavy atom. The van der Waals surface area contributed by atoms with Crippen molar-refractivity contribution in [2.45, 2.75) is 57.9 Å². The van der Waals surface area contributed by atoms with Crippen LogP contribution in [-0.4, -0.2) is 74.2 Å². The van der Waals surface area contributed by atoms with E-state index in [0.29, 0.717) is 59.7 Å². The molecule has 2 aromatic heterocycles. The molecule has 1 atom stereocenters. The number of aromatic nitrogens is 4. The van der Waals surface area contributed by atoms with E-state index in [1.807, 2.05) is 13.0 Å². The highest BCUT2D eigenvalue weighted by molar-refractivity contribution is 6.31. The van der Waals surface area contributed by atoms with Crippen LogP contribution in [0.3, 0.4) is 0 Å². The molecule has 3 aromatic rings. The zero-order valence-corrected chi connectivity index (χ0v) is 21.9. The third-order valence-corrected chi connectivity index (χ3v) is 7.07. The number of carbonyl (C=O) groups is 2. The summed E-state index contributed by atoms with van der Waals surface area (Å²) in [6, 6.07) is 7.07. The van der Waals surface area contributed by atoms with Crippen LogP contribution in [0.5, 0.6) is 0 Å². The molecule has 0 spiro atoms. The molecule has 2 N–H and O–H groups in total. The van der Waals surface area contributed by atoms with Crippen molar-refractivity contribution < 1.29 is 14.3 Å². The lowest BCUT2D eigenvalue weighted by molar-refractivity contribution is 0.0401. The monoisotopic (exact) mass is 525 g/mol. The van der Waals surface area contributed by atoms with Crippen LogP contribution in [0.15, 0.2) is 24.3 Å². The number of aromatic amines is 1. The number of rotatable bonds is 8. The number of hydrogen-bond acceptors (Lipinski definition) is 7. The number of nitrogens with one attached hydrogen (secondary N) is 2. The first kappa shape index (κ1) is 25.3. The molecule has 1 aliphatic heterocycles. The highest BCUT2D eigenvalue weighted by atomic mass is 35.5. The Labute approximate surface area is 220 Å². The van der Waals surface area contributed by atoms with E-state index in [9.17, 15) is 9.59 Å². The van der Waals surface area contributed by atoms with Gasteiger partial charge in [0.2, 0.25) is 5.82 Å². The van der Waals surface area contributed by atoms with Crippen LogP contribution >= 0.6 is 11.6 Å². The van der Waals surface area contributed by atoms with Crippen molar-refractivity contribution in [2.75, 3.05) is 31.6 Å². The first-order valence-electron chi connectivity index (χ1n) is 12.9. The third-order valence-electron chi connectivity index (χ3n) is 6.83. The summed E-state index contributed by atoms with van der Waals surface area (Å²) in [5.41, 5.74) is 1.69. The van der Waals surface area contributed by atoms with Gasteiger partial charge in [0.1, 0.15) is 5.82 Å². The number of halogens is 1. The molecule has 0 unspecified atom stereocenters. The maximum atomic E-state index is 13.5. The quantitative estimate of drug-likeness (QED) is 0.393. The van der Waals surface area contributed by atoms with E-state index in [4.69, 9.17) is 16.3 Å². The first-order chi connectivity index (χ1) is 17.9. The minimum absolute atomic E-state index is 0.0815. The molecule has 1 saturated heterocycles. The third kappa shape index (κ3) is 5.79. The Morgan fingerprint density at radius 3 is 2.78 bits per heavy atom. The predicted molar refractivity (Wildman–Crippen MR) is 141 cm³/mol. The fraction of sp³-hybridized carbons (Fsp3) is 0.500. The Hall–Kier alpha value is -3.40. The number of unbranched alkanes of at least 4 members (excludes halogenated alkanes) is 2. The van der Waals surface area contributed by atoms with Gasteiger partial charge in [0.15, 0.2) is 5.82 Å². The second kappa shape index (κ2) is 10.9. The molecule has 5 rings (SSSR count). The van der Waals surface area contributed by atoms with Gasteiger partial charge in [0, 0.05) is 53.8 Å². The summed E-state index contributed by atoms with van der Waals surface area (Å²) in [7, 11) is 0. The summed E-state index contributed by atoms with van der Waals surface area (Å²) in [4.78, 5) is 38.5. The number of nitrogens with zero attached hydrogens (tertiary/aromatic N) is 5. The Bertz CT molecular complexity index is 1290. The molecule has 1 aromatic carbocycles. The van der Waals surface area contributed by atoms with E-state index in [-0.39, 0.29) is 23.9 Å². The average Bonchev–Trinajstić information content (AvgIpc) is 3.64. The number of hydrogen-bond donors (Lipinski definition) is 2. The van der Waals surface area contributed by atoms with Crippen LogP contribution in [0.25, 0.3) is 10.9 Å². The van der Waals surface area contributed by atoms with Crippen LogP contribution in [-0.2, 0) is 4.74 Å². The summed E-state index contributed by atoms with van der Waals surface area (Å²) in [6.07, 6.45) is 4.95. The normalized spacial score (nSPS) is 17.8. The molecule has 3 heterocycles. The van der Waals surface area contributed by atoms with Gasteiger partial charge in [-0.15, -0.1) is 0 Å². The van der Waals surface area contributed by atoms with E-state index < -0.39 is 0 Å². The number of H-pyrrole nitrogens is 1. The van der Waals surface area contributed by atoms with Gasteiger partial charge in [-0.1, -0.05) is 31.4 Å². The molecule has 11 heteroatoms. The minimum atomic E-state index is -0.328. The molecule has 2 amide bonds. The van der Waals surface area contributed by atoms with E-state index in [2.05, 4.69) is 32.4 Å². The van der Waals surface area contributed by atoms with Gasteiger partial charge in [0.25, 0.3) is 5.91 Å². The molecule has 10 nitrogen and oxygen atoms in total. The number of amides is 2. The maximum absolute atomic E-state index is 13.5. The zero-order valence-electron chi connectivity index (χ0n) is 21.2. The fourth-order valence-corrected chi connectivity index (χ4v) is 4.74. The molecule has 0 bridgehead atoms. The smallest absolute Gasteiger partial charge is 0.410 e. The van der Waals surface area contributed by atoms with Gasteiger partial charge in [-0.25, -0.2) is 14.8 Å². The lowest BCUT2D eigenvalue weighted by Crippen LogP contribution is -2.55. The lowest BCUT2D eigenvalue weighted by Gasteiger charge is -2.38. The summed E-state index contributed by atoms with van der Waals surface area (Å²) in [5.74, 6) is 1.42. The maximum Gasteiger partial charge on any atom is 0.410 e. The zero-order chi connectivity index (χ0) is 25.9. The van der Waals surface area contributed by atoms with E-state index in [1.165, 1.54) is 0 Å². The van der Waals surface area contributed by atoms with Gasteiger partial charge >= 0.3 is 6.09 Å².